The number of hydrogen-bond acceptors (Lipinski definition) is 13. The van der Waals surface area contributed by atoms with Gasteiger partial charge in [0.2, 0.25) is 23.6 Å². The summed E-state index contributed by atoms with van der Waals surface area (Å²) >= 11 is 0. The average molecular weight is 1400 g/mol. The van der Waals surface area contributed by atoms with Gasteiger partial charge in [0.05, 0.1) is 5.82 Å². The van der Waals surface area contributed by atoms with Crippen molar-refractivity contribution >= 4 is 47.8 Å². The summed E-state index contributed by atoms with van der Waals surface area (Å²) in [5, 5.41) is 5.95. The first kappa shape index (κ1) is 85.7. The van der Waals surface area contributed by atoms with Crippen LogP contribution in [0.15, 0.2) is 67.1 Å². The van der Waals surface area contributed by atoms with Crippen molar-refractivity contribution < 1.29 is 76.2 Å². The second kappa shape index (κ2) is 37.4. The minimum absolute atomic E-state index is 0. The summed E-state index contributed by atoms with van der Waals surface area (Å²) in [6, 6.07) is 9.74. The van der Waals surface area contributed by atoms with Crippen molar-refractivity contribution in [3.8, 4) is 0 Å². The van der Waals surface area contributed by atoms with E-state index in [1.807, 2.05) is 86.4 Å². The SMILES string of the molecule is C.C.CC[C@@H](C)C(=O)N[C@H](C(=O)N1CCC[C@H]1CN(CCc1ccc(F)cc1)C(=O)c1cn2c(n1)CCC2)C(C)(C)C.C[C@@H](C(=O)N[C@H](C(=O)N1CCC[C@H]1CN(CCc1ccc(F)cc1)C(=O)c1cn2c(n1)CCC2)C(C)(C)C)N(C)C(=O)OC(C)(C)C.O=[C-]c1cn2c(n1)CCC2.[Li+].[OH-]. The molecule has 26 heteroatoms. The summed E-state index contributed by atoms with van der Waals surface area (Å²) in [7, 11) is 1.50. The Labute approximate surface area is 609 Å². The predicted octanol–water partition coefficient (Wildman–Crippen LogP) is 7.04. The van der Waals surface area contributed by atoms with Crippen LogP contribution < -0.4 is 29.5 Å². The first-order chi connectivity index (χ1) is 45.8. The third-order valence-electron chi connectivity index (χ3n) is 18.9. The van der Waals surface area contributed by atoms with Crippen LogP contribution in [0.4, 0.5) is 13.6 Å². The molecule has 2 fully saturated rings. The van der Waals surface area contributed by atoms with E-state index in [1.54, 1.807) is 79.1 Å². The van der Waals surface area contributed by atoms with Gasteiger partial charge in [-0.15, -0.1) is 6.20 Å². The number of rotatable bonds is 21. The first-order valence-electron chi connectivity index (χ1n) is 34.6. The zero-order valence-electron chi connectivity index (χ0n) is 60.7. The summed E-state index contributed by atoms with van der Waals surface area (Å²) in [5.41, 5.74) is 1.26. The molecule has 6 atom stereocenters. The second-order valence-corrected chi connectivity index (χ2v) is 29.7. The van der Waals surface area contributed by atoms with Crippen molar-refractivity contribution in [3.63, 3.8) is 0 Å². The number of nitrogens with one attached hydrogen (secondary N) is 2. The van der Waals surface area contributed by atoms with Gasteiger partial charge in [0.25, 0.3) is 11.8 Å². The van der Waals surface area contributed by atoms with Crippen molar-refractivity contribution in [3.05, 3.63) is 124 Å². The molecule has 0 spiro atoms. The molecule has 5 aromatic rings. The number of nitrogens with zero attached hydrogens (tertiary/aromatic N) is 11. The molecule has 0 bridgehead atoms. The van der Waals surface area contributed by atoms with Crippen molar-refractivity contribution in [2.45, 2.75) is 237 Å². The number of imidazole rings is 3. The molecule has 552 valence electrons. The fraction of sp³-hybridized carbons (Fsp3) is 0.613. The third kappa shape index (κ3) is 22.9. The summed E-state index contributed by atoms with van der Waals surface area (Å²) in [4.78, 5) is 126. The first-order valence-corrected chi connectivity index (χ1v) is 34.6. The Balaban J connectivity index is 0.000000364. The number of ether oxygens (including phenoxy) is 1. The molecule has 3 N–H and O–H groups in total. The molecule has 101 heavy (non-hydrogen) atoms. The fourth-order valence-corrected chi connectivity index (χ4v) is 12.9. The number of hydrogen-bond donors (Lipinski definition) is 2. The molecule has 5 aliphatic heterocycles. The third-order valence-corrected chi connectivity index (χ3v) is 18.9. The molecule has 8 heterocycles. The van der Waals surface area contributed by atoms with Crippen LogP contribution >= 0.6 is 0 Å². The number of carbonyl (C=O) groups is 7. The predicted molar refractivity (Wildman–Crippen MR) is 379 cm³/mol. The van der Waals surface area contributed by atoms with Gasteiger partial charge in [-0.05, 0) is 144 Å². The molecule has 0 saturated carbocycles. The Bertz CT molecular complexity index is 3510. The van der Waals surface area contributed by atoms with E-state index < -0.39 is 46.6 Å². The largest absolute Gasteiger partial charge is 1.00 e. The molecule has 2 aromatic carbocycles. The topological polar surface area (TPSA) is 270 Å². The van der Waals surface area contributed by atoms with E-state index in [4.69, 9.17) is 4.74 Å². The molecule has 0 aliphatic carbocycles. The monoisotopic (exact) mass is 1400 g/mol. The minimum Gasteiger partial charge on any atom is -0.870 e. The number of amides is 7. The number of carbonyl (C=O) groups excluding carboxylic acids is 8. The smallest absolute Gasteiger partial charge is 0.870 e. The quantitative estimate of drug-likeness (QED) is 0.0552. The molecule has 2 saturated heterocycles. The molecule has 7 amide bonds. The van der Waals surface area contributed by atoms with Crippen molar-refractivity contribution in [2.24, 2.45) is 16.7 Å². The minimum atomic E-state index is -0.881. The van der Waals surface area contributed by atoms with Gasteiger partial charge < -0.3 is 58.9 Å². The van der Waals surface area contributed by atoms with Crippen LogP contribution in [-0.4, -0.2) is 189 Å². The van der Waals surface area contributed by atoms with Crippen molar-refractivity contribution in [1.29, 1.82) is 0 Å². The van der Waals surface area contributed by atoms with Crippen LogP contribution in [0.2, 0.25) is 0 Å². The van der Waals surface area contributed by atoms with Crippen LogP contribution in [0.3, 0.4) is 0 Å². The average Bonchev–Trinajstić information content (AvgIpc) is 1.78. The molecule has 10 rings (SSSR count). The number of aromatic nitrogens is 6. The van der Waals surface area contributed by atoms with Crippen LogP contribution in [0.1, 0.15) is 205 Å². The zero-order chi connectivity index (χ0) is 70.7. The van der Waals surface area contributed by atoms with Gasteiger partial charge >= 0.3 is 25.0 Å². The normalized spacial score (nSPS) is 16.9. The maximum absolute atomic E-state index is 14.2. The summed E-state index contributed by atoms with van der Waals surface area (Å²) in [6.07, 6.45) is 17.3. The van der Waals surface area contributed by atoms with E-state index in [0.29, 0.717) is 82.0 Å². The van der Waals surface area contributed by atoms with Gasteiger partial charge in [0.15, 0.2) is 0 Å². The van der Waals surface area contributed by atoms with E-state index >= 15 is 0 Å². The van der Waals surface area contributed by atoms with Gasteiger partial charge in [0, 0.05) is 122 Å². The van der Waals surface area contributed by atoms with Gasteiger partial charge in [-0.3, -0.25) is 38.7 Å². The standard InChI is InChI=1S/C35H51FN6O5.C31H44FN5O3.C7H7N2O.2CH4.Li.H2O/c1-23(39(8)33(46)47-35(5,6)7)30(43)38-29(34(2,3)4)32(45)42-19-9-11-26(42)21-41(20-17-24-13-15-25(36)16-14-24)31(44)27-22-40-18-10-12-28(40)37-27;1-6-21(2)28(38)34-27(31(3,4)5)30(40)37-17-7-9-24(37)19-36(18-15-22-11-13-23(32)14-12-22)29(39)25-20-35-16-8-10-26(35)33-25;10-5-6-4-9-3-1-2-7(9)8-6;;;;/h13-16,22-23,26,29H,9-12,17-21H2,1-8H3,(H,38,43);11-14,20-21,24,27H,6-10,15-19H2,1-5H3,(H,34,38);4H,1-3H2;2*1H4;;1H2/q;;-1;;;+1;/p-1/t23-,26-,29+;21-,24+,27-;;;;;/m01...../s1. The number of likely N-dealkylation sites (N-methyl/N-ethyl adjacent to an activating group) is 1. The Kier molecular flexibility index (Phi) is 31.7. The fourth-order valence-electron chi connectivity index (χ4n) is 12.9. The van der Waals surface area contributed by atoms with Gasteiger partial charge in [-0.1, -0.05) is 94.5 Å². The Morgan fingerprint density at radius 1 is 0.594 bits per heavy atom. The summed E-state index contributed by atoms with van der Waals surface area (Å²) in [6.45, 7) is 27.5. The number of fused-ring (bicyclic) bond motifs is 3. The van der Waals surface area contributed by atoms with Gasteiger partial charge in [-0.25, -0.2) is 23.5 Å². The Hall–Kier alpha value is -7.75. The number of halogens is 2. The van der Waals surface area contributed by atoms with E-state index in [1.165, 1.54) is 36.2 Å². The molecule has 5 aliphatic rings. The number of likely N-dealkylation sites (tertiary alicyclic amines) is 2. The van der Waals surface area contributed by atoms with Crippen molar-refractivity contribution in [2.75, 3.05) is 46.3 Å². The van der Waals surface area contributed by atoms with E-state index in [9.17, 15) is 47.1 Å². The molecule has 23 nitrogen and oxygen atoms in total. The van der Waals surface area contributed by atoms with Gasteiger partial charge in [-0.2, -0.15) is 0 Å². The molecule has 0 radical (unpaired) electrons. The summed E-state index contributed by atoms with van der Waals surface area (Å²) < 4.78 is 38.5. The van der Waals surface area contributed by atoms with Crippen LogP contribution in [0.25, 0.3) is 0 Å². The Morgan fingerprint density at radius 2 is 0.980 bits per heavy atom. The molecular formula is C75H111F2LiN13O10-. The van der Waals surface area contributed by atoms with Gasteiger partial charge in [0.1, 0.15) is 58.4 Å². The van der Waals surface area contributed by atoms with E-state index in [-0.39, 0.29) is 98.4 Å². The maximum Gasteiger partial charge on any atom is 1.00 e. The van der Waals surface area contributed by atoms with E-state index in [2.05, 4.69) is 25.6 Å². The van der Waals surface area contributed by atoms with Crippen LogP contribution in [-0.2, 0) is 80.4 Å². The molecule has 3 aromatic heterocycles. The van der Waals surface area contributed by atoms with Crippen molar-refractivity contribution in [1.82, 2.24) is 63.8 Å². The summed E-state index contributed by atoms with van der Waals surface area (Å²) in [5.74, 6) is 0.811. The maximum atomic E-state index is 14.2. The second-order valence-electron chi connectivity index (χ2n) is 29.7. The molecular weight excluding hydrogens is 1290 g/mol. The number of aryl methyl sites for hydroxylation is 6. The van der Waals surface area contributed by atoms with E-state index in [0.717, 1.165) is 106 Å². The molecule has 0 unspecified atom stereocenters. The Morgan fingerprint density at radius 3 is 1.34 bits per heavy atom. The van der Waals surface area contributed by atoms with Crippen LogP contribution in [0.5, 0.6) is 0 Å². The van der Waals surface area contributed by atoms with Crippen LogP contribution in [0, 0.1) is 28.4 Å². The zero-order valence-corrected chi connectivity index (χ0v) is 60.7. The number of benzene rings is 2.